The van der Waals surface area contributed by atoms with E-state index in [0.717, 1.165) is 0 Å². The van der Waals surface area contributed by atoms with Crippen molar-refractivity contribution in [1.82, 2.24) is 4.90 Å². The molecule has 1 aromatic rings. The van der Waals surface area contributed by atoms with Crippen molar-refractivity contribution in [2.45, 2.75) is 13.3 Å². The summed E-state index contributed by atoms with van der Waals surface area (Å²) < 4.78 is 0. The van der Waals surface area contributed by atoms with E-state index in [2.05, 4.69) is 0 Å². The van der Waals surface area contributed by atoms with Gasteiger partial charge in [-0.15, -0.1) is 0 Å². The number of Topliss-reactive ketones (excluding diaryl/α,β-unsaturated/α-hetero) is 1. The zero-order valence-corrected chi connectivity index (χ0v) is 9.56. The zero-order chi connectivity index (χ0) is 11.8. The predicted octanol–water partition coefficient (Wildman–Crippen LogP) is 1.74. The van der Waals surface area contributed by atoms with E-state index in [1.807, 2.05) is 18.2 Å². The van der Waals surface area contributed by atoms with Crippen LogP contribution in [0.1, 0.15) is 23.7 Å². The van der Waals surface area contributed by atoms with Crippen LogP contribution in [0.15, 0.2) is 30.3 Å². The van der Waals surface area contributed by atoms with Gasteiger partial charge in [0.1, 0.15) is 5.41 Å². The fourth-order valence-electron chi connectivity index (χ4n) is 2.14. The highest BCUT2D eigenvalue weighted by atomic mass is 16.2. The second-order valence-electron chi connectivity index (χ2n) is 4.50. The average molecular weight is 217 g/mol. The van der Waals surface area contributed by atoms with Gasteiger partial charge in [-0.2, -0.15) is 0 Å². The molecule has 16 heavy (non-hydrogen) atoms. The summed E-state index contributed by atoms with van der Waals surface area (Å²) in [5.74, 6) is -0.135. The first kappa shape index (κ1) is 10.9. The lowest BCUT2D eigenvalue weighted by Gasteiger charge is -2.20. The maximum atomic E-state index is 12.3. The highest BCUT2D eigenvalue weighted by Crippen LogP contribution is 2.34. The Hall–Kier alpha value is -1.64. The Balaban J connectivity index is 2.33. The van der Waals surface area contributed by atoms with Gasteiger partial charge in [-0.1, -0.05) is 30.3 Å². The molecule has 0 saturated carbocycles. The van der Waals surface area contributed by atoms with E-state index in [1.165, 1.54) is 0 Å². The number of hydrogen-bond donors (Lipinski definition) is 0. The minimum atomic E-state index is -0.865. The number of amides is 1. The van der Waals surface area contributed by atoms with Gasteiger partial charge in [0, 0.05) is 19.2 Å². The Bertz CT molecular complexity index is 427. The number of ketones is 1. The highest BCUT2D eigenvalue weighted by molar-refractivity contribution is 6.14. The molecule has 3 nitrogen and oxygen atoms in total. The standard InChI is InChI=1S/C13H15NO2/c1-13(8-9-14(2)12(13)16)11(15)10-6-4-3-5-7-10/h3-7H,8-9H2,1-2H3. The highest BCUT2D eigenvalue weighted by Gasteiger charge is 2.47. The van der Waals surface area contributed by atoms with Gasteiger partial charge < -0.3 is 4.90 Å². The number of nitrogens with zero attached hydrogens (tertiary/aromatic N) is 1. The summed E-state index contributed by atoms with van der Waals surface area (Å²) in [6.07, 6.45) is 0.607. The molecule has 1 aliphatic rings. The number of benzene rings is 1. The van der Waals surface area contributed by atoms with Crippen molar-refractivity contribution in [3.63, 3.8) is 0 Å². The molecule has 0 radical (unpaired) electrons. The van der Waals surface area contributed by atoms with Crippen LogP contribution in [0.5, 0.6) is 0 Å². The molecule has 1 amide bonds. The molecule has 0 bridgehead atoms. The van der Waals surface area contributed by atoms with E-state index in [-0.39, 0.29) is 11.7 Å². The lowest BCUT2D eigenvalue weighted by atomic mass is 9.81. The van der Waals surface area contributed by atoms with Crippen LogP contribution in [0.25, 0.3) is 0 Å². The molecular weight excluding hydrogens is 202 g/mol. The Morgan fingerprint density at radius 3 is 2.44 bits per heavy atom. The molecule has 1 saturated heterocycles. The van der Waals surface area contributed by atoms with Gasteiger partial charge in [-0.05, 0) is 13.3 Å². The van der Waals surface area contributed by atoms with Gasteiger partial charge in [0.15, 0.2) is 5.78 Å². The van der Waals surface area contributed by atoms with Crippen molar-refractivity contribution in [1.29, 1.82) is 0 Å². The second-order valence-corrected chi connectivity index (χ2v) is 4.50. The van der Waals surface area contributed by atoms with Crippen molar-refractivity contribution < 1.29 is 9.59 Å². The second kappa shape index (κ2) is 3.74. The van der Waals surface area contributed by atoms with Crippen LogP contribution in [-0.4, -0.2) is 30.2 Å². The summed E-state index contributed by atoms with van der Waals surface area (Å²) in [6.45, 7) is 2.40. The third-order valence-corrected chi connectivity index (χ3v) is 3.30. The van der Waals surface area contributed by atoms with Crippen LogP contribution in [0, 0.1) is 5.41 Å². The first-order chi connectivity index (χ1) is 7.55. The van der Waals surface area contributed by atoms with E-state index in [9.17, 15) is 9.59 Å². The van der Waals surface area contributed by atoms with Crippen molar-refractivity contribution in [3.05, 3.63) is 35.9 Å². The molecule has 1 atom stereocenters. The molecule has 84 valence electrons. The molecule has 1 aromatic carbocycles. The lowest BCUT2D eigenvalue weighted by molar-refractivity contribution is -0.132. The third-order valence-electron chi connectivity index (χ3n) is 3.30. The zero-order valence-electron chi connectivity index (χ0n) is 9.56. The summed E-state index contributed by atoms with van der Waals surface area (Å²) >= 11 is 0. The average Bonchev–Trinajstić information content (AvgIpc) is 2.59. The topological polar surface area (TPSA) is 37.4 Å². The smallest absolute Gasteiger partial charge is 0.236 e. The number of likely N-dealkylation sites (tertiary alicyclic amines) is 1. The molecule has 0 aliphatic carbocycles. The first-order valence-corrected chi connectivity index (χ1v) is 5.41. The van der Waals surface area contributed by atoms with Gasteiger partial charge in [-0.3, -0.25) is 9.59 Å². The molecule has 3 heteroatoms. The van der Waals surface area contributed by atoms with Crippen molar-refractivity contribution in [2.24, 2.45) is 5.41 Å². The molecule has 0 aromatic heterocycles. The molecule has 1 heterocycles. The molecule has 0 N–H and O–H groups in total. The SMILES string of the molecule is CN1CCC(C)(C(=O)c2ccccc2)C1=O. The Morgan fingerprint density at radius 1 is 1.31 bits per heavy atom. The van der Waals surface area contributed by atoms with Gasteiger partial charge in [0.05, 0.1) is 0 Å². The monoisotopic (exact) mass is 217 g/mol. The number of hydrogen-bond acceptors (Lipinski definition) is 2. The lowest BCUT2D eigenvalue weighted by Crippen LogP contribution is -2.36. The van der Waals surface area contributed by atoms with Crippen molar-refractivity contribution in [3.8, 4) is 0 Å². The number of carbonyl (C=O) groups is 2. The van der Waals surface area contributed by atoms with Gasteiger partial charge >= 0.3 is 0 Å². The van der Waals surface area contributed by atoms with Crippen LogP contribution in [-0.2, 0) is 4.79 Å². The van der Waals surface area contributed by atoms with Crippen LogP contribution >= 0.6 is 0 Å². The van der Waals surface area contributed by atoms with Crippen LogP contribution in [0.2, 0.25) is 0 Å². The van der Waals surface area contributed by atoms with Gasteiger partial charge in [0.2, 0.25) is 5.91 Å². The molecular formula is C13H15NO2. The maximum absolute atomic E-state index is 12.3. The minimum Gasteiger partial charge on any atom is -0.345 e. The Labute approximate surface area is 95.1 Å². The third kappa shape index (κ3) is 1.52. The molecule has 1 unspecified atom stereocenters. The first-order valence-electron chi connectivity index (χ1n) is 5.41. The van der Waals surface area contributed by atoms with Gasteiger partial charge in [0.25, 0.3) is 0 Å². The summed E-state index contributed by atoms with van der Waals surface area (Å²) in [4.78, 5) is 25.8. The maximum Gasteiger partial charge on any atom is 0.236 e. The van der Waals surface area contributed by atoms with E-state index in [1.54, 1.807) is 31.0 Å². The Morgan fingerprint density at radius 2 is 1.94 bits per heavy atom. The Kier molecular flexibility index (Phi) is 2.54. The van der Waals surface area contributed by atoms with Crippen molar-refractivity contribution in [2.75, 3.05) is 13.6 Å². The normalized spacial score (nSPS) is 24.9. The molecule has 2 rings (SSSR count). The van der Waals surface area contributed by atoms with Crippen LogP contribution < -0.4 is 0 Å². The number of carbonyl (C=O) groups excluding carboxylic acids is 2. The summed E-state index contributed by atoms with van der Waals surface area (Å²) in [5.41, 5.74) is -0.246. The van der Waals surface area contributed by atoms with E-state index >= 15 is 0 Å². The summed E-state index contributed by atoms with van der Waals surface area (Å²) in [6, 6.07) is 9.03. The van der Waals surface area contributed by atoms with Crippen molar-refractivity contribution >= 4 is 11.7 Å². The van der Waals surface area contributed by atoms with Crippen LogP contribution in [0.4, 0.5) is 0 Å². The van der Waals surface area contributed by atoms with E-state index in [0.29, 0.717) is 18.5 Å². The molecule has 0 spiro atoms. The summed E-state index contributed by atoms with van der Waals surface area (Å²) in [7, 11) is 1.74. The quantitative estimate of drug-likeness (QED) is 0.559. The molecule has 1 fully saturated rings. The minimum absolute atomic E-state index is 0.0672. The number of rotatable bonds is 2. The fourth-order valence-corrected chi connectivity index (χ4v) is 2.14. The van der Waals surface area contributed by atoms with Crippen LogP contribution in [0.3, 0.4) is 0 Å². The predicted molar refractivity (Wildman–Crippen MR) is 61.1 cm³/mol. The van der Waals surface area contributed by atoms with E-state index < -0.39 is 5.41 Å². The van der Waals surface area contributed by atoms with Gasteiger partial charge in [-0.25, -0.2) is 0 Å². The summed E-state index contributed by atoms with van der Waals surface area (Å²) in [5, 5.41) is 0. The molecule has 1 aliphatic heterocycles. The largest absolute Gasteiger partial charge is 0.345 e. The van der Waals surface area contributed by atoms with E-state index in [4.69, 9.17) is 0 Å². The fraction of sp³-hybridized carbons (Fsp3) is 0.385.